The topological polar surface area (TPSA) is 105 Å². The molecule has 1 amide bonds. The number of piperazine rings is 1. The van der Waals surface area contributed by atoms with Crippen LogP contribution in [-0.4, -0.2) is 59.1 Å². The summed E-state index contributed by atoms with van der Waals surface area (Å²) in [6, 6.07) is 15.9. The molecule has 0 saturated carbocycles. The van der Waals surface area contributed by atoms with Crippen LogP contribution in [0.4, 0.5) is 24.7 Å². The second-order valence-corrected chi connectivity index (χ2v) is 10.4. The number of halogens is 3. The normalized spacial score (nSPS) is 14.8. The van der Waals surface area contributed by atoms with E-state index in [1.807, 2.05) is 35.2 Å². The van der Waals surface area contributed by atoms with E-state index in [0.717, 1.165) is 37.1 Å². The average molecular weight is 551 g/mol. The molecule has 1 aromatic heterocycles. The Bertz CT molecular complexity index is 1180. The zero-order chi connectivity index (χ0) is 26.3. The fourth-order valence-electron chi connectivity index (χ4n) is 3.60. The third kappa shape index (κ3) is 7.51. The number of carbonyl (C=O) groups is 1. The van der Waals surface area contributed by atoms with Gasteiger partial charge in [0.05, 0.1) is 5.56 Å². The van der Waals surface area contributed by atoms with Crippen molar-refractivity contribution in [2.45, 2.75) is 16.0 Å². The van der Waals surface area contributed by atoms with E-state index >= 15 is 0 Å². The molecule has 1 aliphatic rings. The van der Waals surface area contributed by atoms with E-state index < -0.39 is 29.0 Å². The smallest absolute Gasteiger partial charge is 0.418 e. The van der Waals surface area contributed by atoms with Crippen LogP contribution >= 0.6 is 11.8 Å². The molecule has 1 atom stereocenters. The Balaban J connectivity index is 1.37. The van der Waals surface area contributed by atoms with E-state index in [1.54, 1.807) is 6.07 Å². The number of carbonyl (C=O) groups excluding carboxylic acids is 1. The molecule has 196 valence electrons. The first-order chi connectivity index (χ1) is 17.8. The minimum Gasteiger partial charge on any atom is -0.588 e. The highest BCUT2D eigenvalue weighted by Gasteiger charge is 2.35. The van der Waals surface area contributed by atoms with E-state index in [9.17, 15) is 22.5 Å². The minimum absolute atomic E-state index is 0.0857. The van der Waals surface area contributed by atoms with Crippen LogP contribution in [0.3, 0.4) is 0 Å². The predicted octanol–water partition coefficient (Wildman–Crippen LogP) is 3.56. The summed E-state index contributed by atoms with van der Waals surface area (Å²) >= 11 is -0.709. The summed E-state index contributed by atoms with van der Waals surface area (Å²) in [6.45, 7) is 3.42. The van der Waals surface area contributed by atoms with Crippen LogP contribution in [0.5, 0.6) is 0 Å². The van der Waals surface area contributed by atoms with Gasteiger partial charge in [-0.2, -0.15) is 17.9 Å². The quantitative estimate of drug-likeness (QED) is 0.211. The molecular weight excluding hydrogens is 525 g/mol. The molecule has 0 spiro atoms. The molecule has 2 aromatic carbocycles. The molecule has 0 radical (unpaired) electrons. The van der Waals surface area contributed by atoms with Crippen LogP contribution in [-0.2, 0) is 17.5 Å². The molecule has 3 aromatic rings. The van der Waals surface area contributed by atoms with Crippen molar-refractivity contribution in [1.82, 2.24) is 20.2 Å². The van der Waals surface area contributed by atoms with Crippen molar-refractivity contribution in [1.29, 1.82) is 0 Å². The lowest BCUT2D eigenvalue weighted by Crippen LogP contribution is -2.44. The highest BCUT2D eigenvalue weighted by atomic mass is 32.2. The van der Waals surface area contributed by atoms with Crippen LogP contribution in [0.1, 0.15) is 16.1 Å². The van der Waals surface area contributed by atoms with Crippen LogP contribution < -0.4 is 20.3 Å². The molecule has 37 heavy (non-hydrogen) atoms. The van der Waals surface area contributed by atoms with Crippen LogP contribution in [0, 0.1) is 0 Å². The number of benzene rings is 2. The molecule has 4 rings (SSSR count). The first kappa shape index (κ1) is 27.0. The summed E-state index contributed by atoms with van der Waals surface area (Å²) < 4.78 is 56.1. The third-order valence-electron chi connectivity index (χ3n) is 5.45. The highest BCUT2D eigenvalue weighted by Crippen LogP contribution is 2.36. The Morgan fingerprint density at radius 2 is 1.84 bits per heavy atom. The number of nitrogens with one attached hydrogen (secondary N) is 3. The van der Waals surface area contributed by atoms with Gasteiger partial charge in [-0.05, 0) is 36.4 Å². The Morgan fingerprint density at radius 1 is 1.08 bits per heavy atom. The molecular formula is C24H25F3N6O2S2. The summed E-state index contributed by atoms with van der Waals surface area (Å²) in [5.41, 5.74) is -1.17. The minimum atomic E-state index is -4.68. The average Bonchev–Trinajstić information content (AvgIpc) is 2.91. The Morgan fingerprint density at radius 3 is 2.51 bits per heavy atom. The van der Waals surface area contributed by atoms with E-state index in [4.69, 9.17) is 0 Å². The summed E-state index contributed by atoms with van der Waals surface area (Å²) in [5.74, 6) is 0.366. The van der Waals surface area contributed by atoms with Gasteiger partial charge >= 0.3 is 12.1 Å². The summed E-state index contributed by atoms with van der Waals surface area (Å²) in [7, 11) is 0. The highest BCUT2D eigenvalue weighted by molar-refractivity contribution is 7.99. The SMILES string of the molecule is O=C(N[S+]([O-])c1ccc(NCCSc2ccccc2)c(C(F)(F)F)c1)c1ccc(N2CCNCC2)nn1. The van der Waals surface area contributed by atoms with Crippen LogP contribution in [0.15, 0.2) is 70.5 Å². The molecule has 2 heterocycles. The fourth-order valence-corrected chi connectivity index (χ4v) is 5.20. The van der Waals surface area contributed by atoms with Gasteiger partial charge in [0.15, 0.2) is 16.4 Å². The van der Waals surface area contributed by atoms with E-state index in [1.165, 1.54) is 30.0 Å². The molecule has 1 saturated heterocycles. The number of rotatable bonds is 9. The number of amides is 1. The van der Waals surface area contributed by atoms with Gasteiger partial charge < -0.3 is 20.1 Å². The zero-order valence-corrected chi connectivity index (χ0v) is 21.3. The van der Waals surface area contributed by atoms with Crippen molar-refractivity contribution in [2.24, 2.45) is 0 Å². The van der Waals surface area contributed by atoms with Gasteiger partial charge in [0.1, 0.15) is 11.4 Å². The van der Waals surface area contributed by atoms with Crippen molar-refractivity contribution in [2.75, 3.05) is 48.7 Å². The van der Waals surface area contributed by atoms with E-state index in [0.29, 0.717) is 18.1 Å². The molecule has 1 fully saturated rings. The van der Waals surface area contributed by atoms with Crippen molar-refractivity contribution in [3.05, 3.63) is 71.9 Å². The first-order valence-electron chi connectivity index (χ1n) is 11.5. The lowest BCUT2D eigenvalue weighted by molar-refractivity contribution is -0.137. The van der Waals surface area contributed by atoms with Crippen LogP contribution in [0.25, 0.3) is 0 Å². The largest absolute Gasteiger partial charge is 0.588 e. The number of thioether (sulfide) groups is 1. The predicted molar refractivity (Wildman–Crippen MR) is 138 cm³/mol. The molecule has 0 bridgehead atoms. The first-order valence-corrected chi connectivity index (χ1v) is 13.6. The Labute approximate surface area is 219 Å². The van der Waals surface area contributed by atoms with Crippen molar-refractivity contribution >= 4 is 40.5 Å². The van der Waals surface area contributed by atoms with Gasteiger partial charge in [0.25, 0.3) is 0 Å². The maximum absolute atomic E-state index is 13.7. The summed E-state index contributed by atoms with van der Waals surface area (Å²) in [6.07, 6.45) is -4.68. The fraction of sp³-hybridized carbons (Fsp3) is 0.292. The van der Waals surface area contributed by atoms with Gasteiger partial charge in [-0.1, -0.05) is 18.2 Å². The molecule has 1 aliphatic heterocycles. The molecule has 8 nitrogen and oxygen atoms in total. The number of aromatic nitrogens is 2. The standard InChI is InChI=1S/C24H25F3N6O2S2/c25-24(26,27)19-16-18(6-7-20(19)29-12-15-36-17-4-2-1-3-5-17)37(35)32-23(34)21-8-9-22(31-30-21)33-13-10-28-11-14-33/h1-9,16,28-29H,10-15H2,(H,32,34). The number of anilines is 2. The number of hydrogen-bond acceptors (Lipinski definition) is 8. The number of alkyl halides is 3. The second kappa shape index (κ2) is 12.5. The Kier molecular flexibility index (Phi) is 9.14. The molecule has 0 aliphatic carbocycles. The van der Waals surface area contributed by atoms with Gasteiger partial charge in [-0.3, -0.25) is 4.79 Å². The molecule has 3 N–H and O–H groups in total. The number of nitrogens with zero attached hydrogens (tertiary/aromatic N) is 3. The van der Waals surface area contributed by atoms with E-state index in [-0.39, 0.29) is 16.3 Å². The van der Waals surface area contributed by atoms with E-state index in [2.05, 4.69) is 25.6 Å². The molecule has 13 heteroatoms. The maximum Gasteiger partial charge on any atom is 0.418 e. The van der Waals surface area contributed by atoms with Gasteiger partial charge in [-0.25, -0.2) is 0 Å². The summed E-state index contributed by atoms with van der Waals surface area (Å²) in [5, 5.41) is 14.0. The zero-order valence-electron chi connectivity index (χ0n) is 19.6. The van der Waals surface area contributed by atoms with Crippen molar-refractivity contribution < 1.29 is 22.5 Å². The second-order valence-electron chi connectivity index (χ2n) is 8.01. The maximum atomic E-state index is 13.7. The lowest BCUT2D eigenvalue weighted by atomic mass is 10.1. The number of hydrogen-bond donors (Lipinski definition) is 3. The third-order valence-corrected chi connectivity index (χ3v) is 7.52. The lowest BCUT2D eigenvalue weighted by Gasteiger charge is -2.27. The van der Waals surface area contributed by atoms with Crippen molar-refractivity contribution in [3.63, 3.8) is 0 Å². The summed E-state index contributed by atoms with van der Waals surface area (Å²) in [4.78, 5) is 15.3. The van der Waals surface area contributed by atoms with Gasteiger partial charge in [-0.15, -0.1) is 22.0 Å². The monoisotopic (exact) mass is 550 g/mol. The van der Waals surface area contributed by atoms with Crippen molar-refractivity contribution in [3.8, 4) is 0 Å². The Hall–Kier alpha value is -3.00. The van der Waals surface area contributed by atoms with Gasteiger partial charge in [0, 0.05) is 55.1 Å². The molecule has 1 unspecified atom stereocenters. The van der Waals surface area contributed by atoms with Crippen LogP contribution in [0.2, 0.25) is 0 Å². The van der Waals surface area contributed by atoms with Gasteiger partial charge in [0.2, 0.25) is 0 Å².